The second-order valence-electron chi connectivity index (χ2n) is 4.97. The van der Waals surface area contributed by atoms with E-state index in [0.717, 1.165) is 0 Å². The number of pyridine rings is 1. The summed E-state index contributed by atoms with van der Waals surface area (Å²) in [6.45, 7) is -0.144. The Kier molecular flexibility index (Phi) is 3.53. The van der Waals surface area contributed by atoms with Crippen molar-refractivity contribution in [2.45, 2.75) is 6.54 Å². The topological polar surface area (TPSA) is 91.4 Å². The molecule has 1 heterocycles. The number of fused-ring (bicyclic) bond motifs is 2. The fourth-order valence-electron chi connectivity index (χ4n) is 2.59. The molecule has 0 aliphatic rings. The molecule has 0 spiro atoms. The lowest BCUT2D eigenvalue weighted by Crippen LogP contribution is -2.17. The first-order valence-electron chi connectivity index (χ1n) is 6.79. The number of para-hydroxylation sites is 1. The number of nitro benzene ring substituents is 1. The fraction of sp³-hybridized carbons (Fsp3) is 0.125. The maximum absolute atomic E-state index is 12.6. The van der Waals surface area contributed by atoms with E-state index in [1.807, 2.05) is 0 Å². The summed E-state index contributed by atoms with van der Waals surface area (Å²) in [4.78, 5) is 34.8. The van der Waals surface area contributed by atoms with Gasteiger partial charge >= 0.3 is 5.97 Å². The van der Waals surface area contributed by atoms with Gasteiger partial charge in [-0.1, -0.05) is 12.1 Å². The molecular formula is C16H12N2O5. The summed E-state index contributed by atoms with van der Waals surface area (Å²) in [7, 11) is 1.26. The predicted molar refractivity (Wildman–Crippen MR) is 84.4 cm³/mol. The smallest absolute Gasteiger partial charge is 0.325 e. The Morgan fingerprint density at radius 2 is 1.87 bits per heavy atom. The van der Waals surface area contributed by atoms with E-state index in [-0.39, 0.29) is 17.7 Å². The highest BCUT2D eigenvalue weighted by molar-refractivity contribution is 5.95. The molecule has 7 heteroatoms. The highest BCUT2D eigenvalue weighted by Gasteiger charge is 2.16. The number of non-ortho nitro benzene ring substituents is 1. The number of carbonyl (C=O) groups is 1. The van der Waals surface area contributed by atoms with Crippen LogP contribution in [-0.4, -0.2) is 22.6 Å². The first-order valence-corrected chi connectivity index (χ1v) is 6.79. The van der Waals surface area contributed by atoms with Gasteiger partial charge in [0, 0.05) is 22.9 Å². The molecule has 2 aromatic carbocycles. The molecule has 0 atom stereocenters. The Morgan fingerprint density at radius 3 is 2.57 bits per heavy atom. The van der Waals surface area contributed by atoms with Crippen molar-refractivity contribution in [1.29, 1.82) is 0 Å². The van der Waals surface area contributed by atoms with Gasteiger partial charge in [0.15, 0.2) is 5.43 Å². The van der Waals surface area contributed by atoms with Gasteiger partial charge in [0.1, 0.15) is 6.54 Å². The first-order chi connectivity index (χ1) is 11.0. The van der Waals surface area contributed by atoms with E-state index in [2.05, 4.69) is 4.74 Å². The van der Waals surface area contributed by atoms with Crippen LogP contribution in [0.1, 0.15) is 0 Å². The summed E-state index contributed by atoms with van der Waals surface area (Å²) in [5.41, 5.74) is 0.474. The summed E-state index contributed by atoms with van der Waals surface area (Å²) in [5, 5.41) is 11.8. The number of benzene rings is 2. The average molecular weight is 312 g/mol. The largest absolute Gasteiger partial charge is 0.468 e. The number of carbonyl (C=O) groups excluding carboxylic acids is 1. The van der Waals surface area contributed by atoms with Crippen LogP contribution in [0.15, 0.2) is 47.3 Å². The summed E-state index contributed by atoms with van der Waals surface area (Å²) in [5.74, 6) is -0.508. The predicted octanol–water partition coefficient (Wildman–Crippen LogP) is 2.24. The van der Waals surface area contributed by atoms with Crippen LogP contribution in [0.2, 0.25) is 0 Å². The number of ether oxygens (including phenoxy) is 1. The van der Waals surface area contributed by atoms with E-state index in [0.29, 0.717) is 21.8 Å². The Balaban J connectivity index is 2.47. The lowest BCUT2D eigenvalue weighted by Gasteiger charge is -2.13. The van der Waals surface area contributed by atoms with Crippen LogP contribution < -0.4 is 5.43 Å². The van der Waals surface area contributed by atoms with Crippen molar-refractivity contribution < 1.29 is 14.5 Å². The second-order valence-corrected chi connectivity index (χ2v) is 4.97. The monoisotopic (exact) mass is 312 g/mol. The van der Waals surface area contributed by atoms with Crippen molar-refractivity contribution in [3.8, 4) is 0 Å². The van der Waals surface area contributed by atoms with E-state index in [1.54, 1.807) is 28.8 Å². The Hall–Kier alpha value is -3.22. The molecule has 3 aromatic rings. The lowest BCUT2D eigenvalue weighted by atomic mass is 10.1. The Labute approximate surface area is 129 Å². The third-order valence-electron chi connectivity index (χ3n) is 3.68. The molecule has 0 aliphatic heterocycles. The van der Waals surface area contributed by atoms with Crippen molar-refractivity contribution in [3.63, 3.8) is 0 Å². The molecule has 116 valence electrons. The van der Waals surface area contributed by atoms with Gasteiger partial charge in [-0.05, 0) is 18.2 Å². The third-order valence-corrected chi connectivity index (χ3v) is 3.68. The Morgan fingerprint density at radius 1 is 1.17 bits per heavy atom. The van der Waals surface area contributed by atoms with Crippen LogP contribution in [0.25, 0.3) is 21.8 Å². The molecule has 0 saturated heterocycles. The minimum absolute atomic E-state index is 0.144. The SMILES string of the molecule is COC(=O)Cn1c2ccccc2c(=O)c2ccc([N+](=O)[O-])cc21. The van der Waals surface area contributed by atoms with Crippen molar-refractivity contribution in [2.24, 2.45) is 0 Å². The normalized spacial score (nSPS) is 10.8. The number of hydrogen-bond acceptors (Lipinski definition) is 5. The van der Waals surface area contributed by atoms with Crippen LogP contribution in [0, 0.1) is 10.1 Å². The molecule has 0 radical (unpaired) electrons. The lowest BCUT2D eigenvalue weighted by molar-refractivity contribution is -0.384. The van der Waals surface area contributed by atoms with Crippen molar-refractivity contribution >= 4 is 33.5 Å². The summed E-state index contributed by atoms with van der Waals surface area (Å²) < 4.78 is 6.25. The molecule has 0 bridgehead atoms. The van der Waals surface area contributed by atoms with Gasteiger partial charge in [0.05, 0.1) is 23.1 Å². The highest BCUT2D eigenvalue weighted by atomic mass is 16.6. The quantitative estimate of drug-likeness (QED) is 0.320. The standard InChI is InChI=1S/C16H12N2O5/c1-23-15(19)9-17-13-5-3-2-4-11(13)16(20)12-7-6-10(18(21)22)8-14(12)17/h2-8H,9H2,1H3. The van der Waals surface area contributed by atoms with Gasteiger partial charge in [-0.3, -0.25) is 19.7 Å². The molecule has 7 nitrogen and oxygen atoms in total. The molecule has 1 aromatic heterocycles. The molecule has 0 saturated carbocycles. The summed E-state index contributed by atoms with van der Waals surface area (Å²) in [6.07, 6.45) is 0. The van der Waals surface area contributed by atoms with Gasteiger partial charge in [-0.15, -0.1) is 0 Å². The van der Waals surface area contributed by atoms with E-state index in [1.165, 1.54) is 25.3 Å². The Bertz CT molecular complexity index is 1010. The van der Waals surface area contributed by atoms with Crippen LogP contribution >= 0.6 is 0 Å². The minimum atomic E-state index is -0.540. The molecule has 0 unspecified atom stereocenters. The van der Waals surface area contributed by atoms with E-state index in [4.69, 9.17) is 0 Å². The zero-order chi connectivity index (χ0) is 16.6. The average Bonchev–Trinajstić information content (AvgIpc) is 2.57. The van der Waals surface area contributed by atoms with Crippen molar-refractivity contribution in [3.05, 3.63) is 62.8 Å². The molecule has 0 amide bonds. The number of rotatable bonds is 3. The summed E-state index contributed by atoms with van der Waals surface area (Å²) >= 11 is 0. The van der Waals surface area contributed by atoms with Crippen LogP contribution in [0.3, 0.4) is 0 Å². The molecule has 23 heavy (non-hydrogen) atoms. The minimum Gasteiger partial charge on any atom is -0.468 e. The fourth-order valence-corrected chi connectivity index (χ4v) is 2.59. The molecule has 0 aliphatic carbocycles. The van der Waals surface area contributed by atoms with E-state index in [9.17, 15) is 19.7 Å². The second kappa shape index (κ2) is 5.53. The highest BCUT2D eigenvalue weighted by Crippen LogP contribution is 2.23. The van der Waals surface area contributed by atoms with E-state index < -0.39 is 10.9 Å². The number of aromatic nitrogens is 1. The van der Waals surface area contributed by atoms with Crippen molar-refractivity contribution in [2.75, 3.05) is 7.11 Å². The number of nitro groups is 1. The van der Waals surface area contributed by atoms with Gasteiger partial charge < -0.3 is 9.30 Å². The maximum Gasteiger partial charge on any atom is 0.325 e. The molecule has 3 rings (SSSR count). The number of methoxy groups -OCH3 is 1. The molecule has 0 fully saturated rings. The zero-order valence-electron chi connectivity index (χ0n) is 12.2. The van der Waals surface area contributed by atoms with Gasteiger partial charge in [0.25, 0.3) is 5.69 Å². The third kappa shape index (κ3) is 2.42. The zero-order valence-corrected chi connectivity index (χ0v) is 12.2. The number of nitrogens with zero attached hydrogens (tertiary/aromatic N) is 2. The van der Waals surface area contributed by atoms with Gasteiger partial charge in [-0.2, -0.15) is 0 Å². The van der Waals surface area contributed by atoms with Gasteiger partial charge in [-0.25, -0.2) is 0 Å². The van der Waals surface area contributed by atoms with Crippen LogP contribution in [0.4, 0.5) is 5.69 Å². The van der Waals surface area contributed by atoms with Gasteiger partial charge in [0.2, 0.25) is 0 Å². The van der Waals surface area contributed by atoms with Crippen LogP contribution in [-0.2, 0) is 16.1 Å². The number of esters is 1. The molecule has 0 N–H and O–H groups in total. The van der Waals surface area contributed by atoms with Crippen LogP contribution in [0.5, 0.6) is 0 Å². The number of hydrogen-bond donors (Lipinski definition) is 0. The molecular weight excluding hydrogens is 300 g/mol. The summed E-state index contributed by atoms with van der Waals surface area (Å²) in [6, 6.07) is 10.8. The van der Waals surface area contributed by atoms with E-state index >= 15 is 0 Å². The maximum atomic E-state index is 12.6. The van der Waals surface area contributed by atoms with Crippen molar-refractivity contribution in [1.82, 2.24) is 4.57 Å². The first kappa shape index (κ1) is 14.7.